The summed E-state index contributed by atoms with van der Waals surface area (Å²) < 4.78 is 15.0. The smallest absolute Gasteiger partial charge is 0.154 e. The molecule has 1 heterocycles. The van der Waals surface area contributed by atoms with E-state index >= 15 is 0 Å². The van der Waals surface area contributed by atoms with Crippen LogP contribution >= 0.6 is 0 Å². The van der Waals surface area contributed by atoms with E-state index in [2.05, 4.69) is 30.1 Å². The number of carbonyl (C=O) groups is 1. The number of ketones is 1. The van der Waals surface area contributed by atoms with Crippen molar-refractivity contribution in [3.63, 3.8) is 0 Å². The first-order chi connectivity index (χ1) is 13.1. The number of unbranched alkanes of at least 4 members (excludes halogenated alkanes) is 2. The molecule has 4 rings (SSSR count). The summed E-state index contributed by atoms with van der Waals surface area (Å²) in [7, 11) is 0. The lowest BCUT2D eigenvalue weighted by Gasteiger charge is -2.05. The third kappa shape index (κ3) is 3.23. The SMILES string of the molecule is CCCC/C=C\c1ccc2c3c([nH]c2c1F)-c1ccc(CC(C)=O)cc1C3. The Kier molecular flexibility index (Phi) is 4.69. The van der Waals surface area contributed by atoms with Crippen molar-refractivity contribution < 1.29 is 9.18 Å². The molecule has 1 N–H and O–H groups in total. The minimum atomic E-state index is -0.176. The zero-order valence-corrected chi connectivity index (χ0v) is 15.9. The Labute approximate surface area is 159 Å². The number of aromatic nitrogens is 1. The fourth-order valence-electron chi connectivity index (χ4n) is 4.00. The van der Waals surface area contributed by atoms with E-state index in [-0.39, 0.29) is 11.6 Å². The Bertz CT molecular complexity index is 1060. The van der Waals surface area contributed by atoms with E-state index in [1.807, 2.05) is 24.3 Å². The molecule has 0 amide bonds. The monoisotopic (exact) mass is 361 g/mol. The van der Waals surface area contributed by atoms with Gasteiger partial charge in [0.25, 0.3) is 0 Å². The molecule has 0 unspecified atom stereocenters. The van der Waals surface area contributed by atoms with Gasteiger partial charge >= 0.3 is 0 Å². The number of nitrogens with one attached hydrogen (secondary N) is 1. The molecule has 2 aromatic carbocycles. The molecule has 0 aliphatic heterocycles. The molecular weight excluding hydrogens is 337 g/mol. The van der Waals surface area contributed by atoms with Gasteiger partial charge in [0.05, 0.1) is 11.2 Å². The van der Waals surface area contributed by atoms with E-state index < -0.39 is 0 Å². The lowest BCUT2D eigenvalue weighted by atomic mass is 10.0. The molecule has 0 saturated carbocycles. The fraction of sp³-hybridized carbons (Fsp3) is 0.292. The maximum atomic E-state index is 15.0. The molecule has 0 atom stereocenters. The highest BCUT2D eigenvalue weighted by atomic mass is 19.1. The first-order valence-corrected chi connectivity index (χ1v) is 9.69. The van der Waals surface area contributed by atoms with Crippen LogP contribution in [0.1, 0.15) is 55.4 Å². The van der Waals surface area contributed by atoms with Crippen LogP contribution in [0, 0.1) is 5.82 Å². The van der Waals surface area contributed by atoms with Crippen LogP contribution in [0.3, 0.4) is 0 Å². The first-order valence-electron chi connectivity index (χ1n) is 9.69. The van der Waals surface area contributed by atoms with Crippen molar-refractivity contribution in [2.24, 2.45) is 0 Å². The van der Waals surface area contributed by atoms with Gasteiger partial charge in [0.2, 0.25) is 0 Å². The largest absolute Gasteiger partial charge is 0.352 e. The summed E-state index contributed by atoms with van der Waals surface area (Å²) in [6, 6.07) is 10.1. The van der Waals surface area contributed by atoms with Gasteiger partial charge in [-0.2, -0.15) is 0 Å². The lowest BCUT2D eigenvalue weighted by Crippen LogP contribution is -1.97. The highest BCUT2D eigenvalue weighted by Crippen LogP contribution is 2.41. The molecule has 1 aliphatic carbocycles. The van der Waals surface area contributed by atoms with Crippen molar-refractivity contribution in [3.8, 4) is 11.3 Å². The number of benzene rings is 2. The molecule has 2 nitrogen and oxygen atoms in total. The normalized spacial score (nSPS) is 12.7. The predicted molar refractivity (Wildman–Crippen MR) is 109 cm³/mol. The number of hydrogen-bond acceptors (Lipinski definition) is 1. The summed E-state index contributed by atoms with van der Waals surface area (Å²) >= 11 is 0. The third-order valence-corrected chi connectivity index (χ3v) is 5.33. The van der Waals surface area contributed by atoms with Crippen LogP contribution in [0.5, 0.6) is 0 Å². The highest BCUT2D eigenvalue weighted by Gasteiger charge is 2.25. The van der Waals surface area contributed by atoms with Crippen LogP contribution in [0.25, 0.3) is 28.2 Å². The van der Waals surface area contributed by atoms with Crippen molar-refractivity contribution in [2.75, 3.05) is 0 Å². The number of Topliss-reactive ketones (excluding diaryl/α,β-unsaturated/α-hetero) is 1. The molecule has 3 heteroatoms. The van der Waals surface area contributed by atoms with Gasteiger partial charge in [-0.25, -0.2) is 4.39 Å². The van der Waals surface area contributed by atoms with Gasteiger partial charge in [0, 0.05) is 29.4 Å². The standard InChI is InChI=1S/C24H24FNO/c1-3-4-5-6-7-17-9-11-20-21-14-18-13-16(12-15(2)27)8-10-19(18)23(21)26-24(20)22(17)25/h6-11,13,26H,3-5,12,14H2,1-2H3/b7-6-. The van der Waals surface area contributed by atoms with Gasteiger partial charge in [-0.1, -0.05) is 62.2 Å². The van der Waals surface area contributed by atoms with Gasteiger partial charge in [0.15, 0.2) is 5.82 Å². The Morgan fingerprint density at radius 1 is 1.26 bits per heavy atom. The van der Waals surface area contributed by atoms with Gasteiger partial charge < -0.3 is 4.98 Å². The van der Waals surface area contributed by atoms with Crippen molar-refractivity contribution in [1.29, 1.82) is 0 Å². The molecule has 0 radical (unpaired) electrons. The van der Waals surface area contributed by atoms with Crippen molar-refractivity contribution in [3.05, 3.63) is 64.5 Å². The van der Waals surface area contributed by atoms with Gasteiger partial charge in [-0.3, -0.25) is 4.79 Å². The average molecular weight is 361 g/mol. The van der Waals surface area contributed by atoms with Crippen molar-refractivity contribution in [2.45, 2.75) is 46.0 Å². The van der Waals surface area contributed by atoms with Crippen LogP contribution in [0.4, 0.5) is 4.39 Å². The second kappa shape index (κ2) is 7.15. The number of rotatable bonds is 6. The van der Waals surface area contributed by atoms with Gasteiger partial charge in [-0.05, 0) is 30.0 Å². The molecular formula is C24H24FNO. The zero-order chi connectivity index (χ0) is 19.0. The molecule has 0 spiro atoms. The van der Waals surface area contributed by atoms with Crippen molar-refractivity contribution in [1.82, 2.24) is 4.98 Å². The minimum Gasteiger partial charge on any atom is -0.352 e. The third-order valence-electron chi connectivity index (χ3n) is 5.33. The summed E-state index contributed by atoms with van der Waals surface area (Å²) in [6.45, 7) is 3.77. The molecule has 138 valence electrons. The molecule has 1 aromatic heterocycles. The second-order valence-electron chi connectivity index (χ2n) is 7.46. The molecule has 3 aromatic rings. The lowest BCUT2D eigenvalue weighted by molar-refractivity contribution is -0.116. The van der Waals surface area contributed by atoms with Crippen molar-refractivity contribution >= 4 is 22.8 Å². The quantitative estimate of drug-likeness (QED) is 0.407. The van der Waals surface area contributed by atoms with E-state index in [0.717, 1.165) is 53.5 Å². The van der Waals surface area contributed by atoms with E-state index in [9.17, 15) is 9.18 Å². The zero-order valence-electron chi connectivity index (χ0n) is 15.9. The summed E-state index contributed by atoms with van der Waals surface area (Å²) in [5, 5.41) is 0.956. The van der Waals surface area contributed by atoms with Gasteiger partial charge in [0.1, 0.15) is 5.78 Å². The van der Waals surface area contributed by atoms with Gasteiger partial charge in [-0.15, -0.1) is 0 Å². The van der Waals surface area contributed by atoms with E-state index in [1.165, 1.54) is 5.56 Å². The summed E-state index contributed by atoms with van der Waals surface area (Å²) in [6.07, 6.45) is 8.42. The van der Waals surface area contributed by atoms with Crippen LogP contribution in [0.2, 0.25) is 0 Å². The van der Waals surface area contributed by atoms with Crippen LogP contribution in [0.15, 0.2) is 36.4 Å². The van der Waals surface area contributed by atoms with E-state index in [1.54, 1.807) is 6.92 Å². The number of halogens is 1. The molecule has 27 heavy (non-hydrogen) atoms. The number of H-pyrrole nitrogens is 1. The molecule has 0 bridgehead atoms. The minimum absolute atomic E-state index is 0.165. The number of hydrogen-bond donors (Lipinski definition) is 1. The first kappa shape index (κ1) is 17.7. The fourth-order valence-corrected chi connectivity index (χ4v) is 4.00. The Balaban J connectivity index is 1.70. The second-order valence-corrected chi connectivity index (χ2v) is 7.46. The molecule has 1 aliphatic rings. The summed E-state index contributed by atoms with van der Waals surface area (Å²) in [5.41, 5.74) is 6.77. The van der Waals surface area contributed by atoms with E-state index in [4.69, 9.17) is 0 Å². The predicted octanol–water partition coefficient (Wildman–Crippen LogP) is 6.21. The van der Waals surface area contributed by atoms with Crippen LogP contribution < -0.4 is 0 Å². The Morgan fingerprint density at radius 3 is 2.89 bits per heavy atom. The average Bonchev–Trinajstić information content (AvgIpc) is 3.16. The summed E-state index contributed by atoms with van der Waals surface area (Å²) in [4.78, 5) is 14.7. The topological polar surface area (TPSA) is 32.9 Å². The highest BCUT2D eigenvalue weighted by molar-refractivity contribution is 5.96. The Hall–Kier alpha value is -2.68. The number of allylic oxidation sites excluding steroid dienone is 1. The number of fused-ring (bicyclic) bond motifs is 5. The van der Waals surface area contributed by atoms with Crippen LogP contribution in [-0.2, 0) is 17.6 Å². The molecule has 0 saturated heterocycles. The Morgan fingerprint density at radius 2 is 2.11 bits per heavy atom. The van der Waals surface area contributed by atoms with E-state index in [0.29, 0.717) is 17.5 Å². The number of aromatic amines is 1. The maximum Gasteiger partial charge on any atom is 0.154 e. The maximum absolute atomic E-state index is 15.0. The number of carbonyl (C=O) groups excluding carboxylic acids is 1. The molecule has 0 fully saturated rings. The summed E-state index contributed by atoms with van der Waals surface area (Å²) in [5.74, 6) is -0.0112. The van der Waals surface area contributed by atoms with Crippen LogP contribution in [-0.4, -0.2) is 10.8 Å².